The van der Waals surface area contributed by atoms with E-state index in [-0.39, 0.29) is 0 Å². The van der Waals surface area contributed by atoms with Gasteiger partial charge in [0.15, 0.2) is 0 Å². The predicted octanol–water partition coefficient (Wildman–Crippen LogP) is 6.54. The summed E-state index contributed by atoms with van der Waals surface area (Å²) in [4.78, 5) is 2.56. The Labute approximate surface area is 198 Å². The quantitative estimate of drug-likeness (QED) is 0.390. The number of unbranched alkanes of at least 4 members (excludes halogenated alkanes) is 2. The Morgan fingerprint density at radius 3 is 2.45 bits per heavy atom. The Morgan fingerprint density at radius 2 is 1.70 bits per heavy atom. The smallest absolute Gasteiger partial charge is 0.115 e. The zero-order chi connectivity index (χ0) is 22.6. The number of aromatic hydroxyl groups is 1. The largest absolute Gasteiger partial charge is 0.508 e. The molecule has 3 heteroatoms. The molecule has 172 valence electrons. The van der Waals surface area contributed by atoms with Gasteiger partial charge in [-0.05, 0) is 78.2 Å². The summed E-state index contributed by atoms with van der Waals surface area (Å²) in [6, 6.07) is 26.6. The SMILES string of the molecule is CCCCCN1CC(Nc2ccc([C@@H]3c4ccc(O)cc4CC[C@@H]3c3ccccc3)cc2)C1. The van der Waals surface area contributed by atoms with Crippen LogP contribution in [0.1, 0.15) is 66.7 Å². The van der Waals surface area contributed by atoms with E-state index in [1.165, 1.54) is 53.7 Å². The topological polar surface area (TPSA) is 35.5 Å². The first-order chi connectivity index (χ1) is 16.2. The van der Waals surface area contributed by atoms with Gasteiger partial charge in [-0.3, -0.25) is 4.90 Å². The molecule has 0 bridgehead atoms. The summed E-state index contributed by atoms with van der Waals surface area (Å²) in [7, 11) is 0. The van der Waals surface area contributed by atoms with Crippen LogP contribution in [0.15, 0.2) is 72.8 Å². The molecule has 1 saturated heterocycles. The lowest BCUT2D eigenvalue weighted by Crippen LogP contribution is -2.54. The van der Waals surface area contributed by atoms with Crippen LogP contribution < -0.4 is 5.32 Å². The van der Waals surface area contributed by atoms with E-state index >= 15 is 0 Å². The van der Waals surface area contributed by atoms with E-state index in [1.54, 1.807) is 0 Å². The fourth-order valence-electron chi connectivity index (χ4n) is 5.73. The standard InChI is InChI=1S/C30H36N2O/c1-2-3-7-18-32-20-26(21-32)31-25-13-10-23(11-14-25)30-28(22-8-5-4-6-9-22)16-12-24-19-27(33)15-17-29(24)30/h4-6,8-11,13-15,17,19,26,28,30-31,33H,2-3,7,12,16,18,20-21H2,1H3/t28-,30+/m1/s1. The van der Waals surface area contributed by atoms with Gasteiger partial charge >= 0.3 is 0 Å². The van der Waals surface area contributed by atoms with Crippen molar-refractivity contribution in [3.8, 4) is 5.75 Å². The van der Waals surface area contributed by atoms with Gasteiger partial charge in [0, 0.05) is 24.7 Å². The number of hydrogen-bond donors (Lipinski definition) is 2. The first-order valence-electron chi connectivity index (χ1n) is 12.7. The summed E-state index contributed by atoms with van der Waals surface area (Å²) in [6.45, 7) is 5.81. The number of fused-ring (bicyclic) bond motifs is 1. The van der Waals surface area contributed by atoms with Crippen LogP contribution in [0.3, 0.4) is 0 Å². The third kappa shape index (κ3) is 4.94. The van der Waals surface area contributed by atoms with E-state index in [9.17, 15) is 5.11 Å². The summed E-state index contributed by atoms with van der Waals surface area (Å²) in [5.74, 6) is 1.13. The molecule has 3 aromatic carbocycles. The number of aryl methyl sites for hydroxylation is 1. The Morgan fingerprint density at radius 1 is 0.909 bits per heavy atom. The number of phenols is 1. The number of rotatable bonds is 8. The summed E-state index contributed by atoms with van der Waals surface area (Å²) in [6.07, 6.45) is 6.06. The van der Waals surface area contributed by atoms with E-state index in [0.717, 1.165) is 25.9 Å². The zero-order valence-electron chi connectivity index (χ0n) is 19.7. The van der Waals surface area contributed by atoms with Crippen LogP contribution in [0.2, 0.25) is 0 Å². The van der Waals surface area contributed by atoms with Crippen molar-refractivity contribution < 1.29 is 5.11 Å². The summed E-state index contributed by atoms with van der Waals surface area (Å²) in [5.41, 5.74) is 6.62. The van der Waals surface area contributed by atoms with Gasteiger partial charge in [-0.25, -0.2) is 0 Å². The maximum atomic E-state index is 10.0. The van der Waals surface area contributed by atoms with E-state index in [2.05, 4.69) is 77.8 Å². The van der Waals surface area contributed by atoms with Gasteiger partial charge in [0.05, 0.1) is 6.04 Å². The number of hydrogen-bond acceptors (Lipinski definition) is 3. The van der Waals surface area contributed by atoms with Gasteiger partial charge in [-0.1, -0.05) is 68.3 Å². The molecule has 0 unspecified atom stereocenters. The summed E-state index contributed by atoms with van der Waals surface area (Å²) >= 11 is 0. The van der Waals surface area contributed by atoms with Crippen LogP contribution in [0.25, 0.3) is 0 Å². The van der Waals surface area contributed by atoms with Crippen molar-refractivity contribution in [3.63, 3.8) is 0 Å². The van der Waals surface area contributed by atoms with E-state index in [4.69, 9.17) is 0 Å². The molecule has 3 aromatic rings. The van der Waals surface area contributed by atoms with Gasteiger partial charge in [-0.2, -0.15) is 0 Å². The number of nitrogens with one attached hydrogen (secondary N) is 1. The fourth-order valence-corrected chi connectivity index (χ4v) is 5.73. The van der Waals surface area contributed by atoms with E-state index in [0.29, 0.717) is 23.6 Å². The molecule has 0 radical (unpaired) electrons. The van der Waals surface area contributed by atoms with Crippen molar-refractivity contribution in [2.75, 3.05) is 25.0 Å². The van der Waals surface area contributed by atoms with Crippen LogP contribution in [0.5, 0.6) is 5.75 Å². The first kappa shape index (κ1) is 22.0. The number of nitrogens with zero attached hydrogens (tertiary/aromatic N) is 1. The van der Waals surface area contributed by atoms with Crippen molar-refractivity contribution in [2.45, 2.75) is 56.9 Å². The number of benzene rings is 3. The third-order valence-electron chi connectivity index (χ3n) is 7.49. The molecule has 1 heterocycles. The first-order valence-corrected chi connectivity index (χ1v) is 12.7. The van der Waals surface area contributed by atoms with Gasteiger partial charge < -0.3 is 10.4 Å². The van der Waals surface area contributed by atoms with E-state index < -0.39 is 0 Å². The fraction of sp³-hybridized carbons (Fsp3) is 0.400. The second-order valence-electron chi connectivity index (χ2n) is 9.85. The van der Waals surface area contributed by atoms with Crippen LogP contribution in [0.4, 0.5) is 5.69 Å². The van der Waals surface area contributed by atoms with Gasteiger partial charge in [0.1, 0.15) is 5.75 Å². The molecule has 1 aliphatic heterocycles. The molecule has 1 aliphatic carbocycles. The lowest BCUT2D eigenvalue weighted by Gasteiger charge is -2.40. The van der Waals surface area contributed by atoms with Crippen molar-refractivity contribution in [2.24, 2.45) is 0 Å². The second kappa shape index (κ2) is 10.0. The lowest BCUT2D eigenvalue weighted by molar-refractivity contribution is 0.159. The molecule has 33 heavy (non-hydrogen) atoms. The maximum absolute atomic E-state index is 10.0. The molecular weight excluding hydrogens is 404 g/mol. The average molecular weight is 441 g/mol. The normalized spacial score (nSPS) is 20.8. The molecule has 2 atom stereocenters. The van der Waals surface area contributed by atoms with Crippen LogP contribution in [0, 0.1) is 0 Å². The third-order valence-corrected chi connectivity index (χ3v) is 7.49. The monoisotopic (exact) mass is 440 g/mol. The molecule has 2 aliphatic rings. The molecule has 0 saturated carbocycles. The number of phenolic OH excluding ortho intramolecular Hbond substituents is 1. The van der Waals surface area contributed by atoms with Gasteiger partial charge in [0.25, 0.3) is 0 Å². The minimum Gasteiger partial charge on any atom is -0.508 e. The highest BCUT2D eigenvalue weighted by Gasteiger charge is 2.32. The zero-order valence-corrected chi connectivity index (χ0v) is 19.7. The Balaban J connectivity index is 1.32. The summed E-state index contributed by atoms with van der Waals surface area (Å²) in [5, 5.41) is 13.8. The molecule has 1 fully saturated rings. The minimum atomic E-state index is 0.309. The van der Waals surface area contributed by atoms with Crippen LogP contribution in [-0.2, 0) is 6.42 Å². The molecule has 0 spiro atoms. The van der Waals surface area contributed by atoms with Crippen molar-refractivity contribution in [1.82, 2.24) is 4.90 Å². The van der Waals surface area contributed by atoms with Crippen LogP contribution >= 0.6 is 0 Å². The molecule has 2 N–H and O–H groups in total. The highest BCUT2D eigenvalue weighted by molar-refractivity contribution is 5.51. The van der Waals surface area contributed by atoms with Gasteiger partial charge in [0.2, 0.25) is 0 Å². The maximum Gasteiger partial charge on any atom is 0.115 e. The minimum absolute atomic E-state index is 0.309. The second-order valence-corrected chi connectivity index (χ2v) is 9.85. The molecule has 3 nitrogen and oxygen atoms in total. The number of likely N-dealkylation sites (tertiary alicyclic amines) is 1. The Hall–Kier alpha value is -2.78. The lowest BCUT2D eigenvalue weighted by atomic mass is 9.69. The predicted molar refractivity (Wildman–Crippen MR) is 137 cm³/mol. The Kier molecular flexibility index (Phi) is 6.68. The Bertz CT molecular complexity index is 1040. The van der Waals surface area contributed by atoms with Crippen molar-refractivity contribution in [1.29, 1.82) is 0 Å². The molecule has 0 amide bonds. The summed E-state index contributed by atoms with van der Waals surface area (Å²) < 4.78 is 0. The van der Waals surface area contributed by atoms with E-state index in [1.807, 2.05) is 12.1 Å². The number of anilines is 1. The highest BCUT2D eigenvalue weighted by Crippen LogP contribution is 2.47. The molecule has 0 aromatic heterocycles. The highest BCUT2D eigenvalue weighted by atomic mass is 16.3. The van der Waals surface area contributed by atoms with Crippen LogP contribution in [-0.4, -0.2) is 35.7 Å². The van der Waals surface area contributed by atoms with Gasteiger partial charge in [-0.15, -0.1) is 0 Å². The molecule has 5 rings (SSSR count). The average Bonchev–Trinajstić information content (AvgIpc) is 2.82. The van der Waals surface area contributed by atoms with Crippen molar-refractivity contribution >= 4 is 5.69 Å². The van der Waals surface area contributed by atoms with Crippen molar-refractivity contribution in [3.05, 3.63) is 95.1 Å². The molecular formula is C30H36N2O.